The third kappa shape index (κ3) is 4.44. The van der Waals surface area contributed by atoms with Crippen LogP contribution in [-0.2, 0) is 16.1 Å². The molecule has 0 saturated carbocycles. The molecule has 8 heteroatoms. The van der Waals surface area contributed by atoms with E-state index >= 15 is 0 Å². The molecule has 1 aromatic heterocycles. The zero-order valence-electron chi connectivity index (χ0n) is 13.8. The van der Waals surface area contributed by atoms with E-state index in [1.54, 1.807) is 6.07 Å². The molecule has 0 aliphatic rings. The molecule has 0 aliphatic carbocycles. The van der Waals surface area contributed by atoms with E-state index < -0.39 is 5.97 Å². The Morgan fingerprint density at radius 3 is 2.27 bits per heavy atom. The van der Waals surface area contributed by atoms with Gasteiger partial charge in [-0.3, -0.25) is 0 Å². The lowest BCUT2D eigenvalue weighted by atomic mass is 10.1. The summed E-state index contributed by atoms with van der Waals surface area (Å²) in [4.78, 5) is 23.2. The molecule has 1 heterocycles. The molecule has 4 N–H and O–H groups in total. The van der Waals surface area contributed by atoms with Crippen LogP contribution in [0.15, 0.2) is 54.6 Å². The number of nitrogens with two attached hydrogens (primary N) is 2. The van der Waals surface area contributed by atoms with E-state index in [1.165, 1.54) is 0 Å². The van der Waals surface area contributed by atoms with Gasteiger partial charge in [0.15, 0.2) is 19.0 Å². The Morgan fingerprint density at radius 2 is 1.54 bits per heavy atom. The fourth-order valence-electron chi connectivity index (χ4n) is 2.29. The smallest absolute Gasteiger partial charge is 0.344 e. The van der Waals surface area contributed by atoms with Gasteiger partial charge in [0.1, 0.15) is 5.75 Å². The van der Waals surface area contributed by atoms with Crippen LogP contribution in [0.25, 0.3) is 11.1 Å². The first-order valence-corrected chi connectivity index (χ1v) is 7.80. The number of ether oxygens (including phenoxy) is 2. The van der Waals surface area contributed by atoms with Gasteiger partial charge in [0.2, 0.25) is 11.9 Å². The molecule has 0 saturated heterocycles. The van der Waals surface area contributed by atoms with E-state index in [9.17, 15) is 4.79 Å². The van der Waals surface area contributed by atoms with Crippen molar-refractivity contribution in [3.8, 4) is 16.9 Å². The van der Waals surface area contributed by atoms with E-state index in [-0.39, 0.29) is 30.9 Å². The van der Waals surface area contributed by atoms with Crippen LogP contribution in [0.2, 0.25) is 0 Å². The summed E-state index contributed by atoms with van der Waals surface area (Å²) in [6.07, 6.45) is 0. The van der Waals surface area contributed by atoms with E-state index in [1.807, 2.05) is 48.5 Å². The number of carbonyl (C=O) groups excluding carboxylic acids is 1. The second-order valence-electron chi connectivity index (χ2n) is 5.28. The lowest BCUT2D eigenvalue weighted by Gasteiger charge is -2.11. The number of benzene rings is 2. The summed E-state index contributed by atoms with van der Waals surface area (Å²) in [5, 5.41) is 0. The number of para-hydroxylation sites is 1. The molecule has 0 radical (unpaired) electrons. The van der Waals surface area contributed by atoms with Crippen LogP contribution < -0.4 is 16.2 Å². The van der Waals surface area contributed by atoms with E-state index in [0.717, 1.165) is 11.1 Å². The van der Waals surface area contributed by atoms with Gasteiger partial charge in [-0.2, -0.15) is 15.0 Å². The number of rotatable bonds is 6. The number of carbonyl (C=O) groups is 1. The molecular formula is C18H17N5O3. The van der Waals surface area contributed by atoms with Crippen molar-refractivity contribution in [3.63, 3.8) is 0 Å². The van der Waals surface area contributed by atoms with Gasteiger partial charge >= 0.3 is 5.97 Å². The minimum atomic E-state index is -0.564. The molecule has 132 valence electrons. The summed E-state index contributed by atoms with van der Waals surface area (Å²) in [5.74, 6) is 0.135. The minimum absolute atomic E-state index is 0.0309. The second-order valence-corrected chi connectivity index (χ2v) is 5.28. The van der Waals surface area contributed by atoms with E-state index in [4.69, 9.17) is 20.9 Å². The lowest BCUT2D eigenvalue weighted by molar-refractivity contribution is -0.147. The topological polar surface area (TPSA) is 126 Å². The standard InChI is InChI=1S/C18H17N5O3/c19-17-21-15(22-18(20)23-17)10-26-16(24)11-25-14-9-5-4-8-13(14)12-6-2-1-3-7-12/h1-9H,10-11H2,(H4,19,20,21,22,23). The Hall–Kier alpha value is -3.68. The summed E-state index contributed by atoms with van der Waals surface area (Å²) in [5.41, 5.74) is 12.8. The molecule has 0 fully saturated rings. The highest BCUT2D eigenvalue weighted by Crippen LogP contribution is 2.29. The van der Waals surface area contributed by atoms with Crippen molar-refractivity contribution in [3.05, 3.63) is 60.4 Å². The predicted octanol–water partition coefficient (Wildman–Crippen LogP) is 1.83. The Kier molecular flexibility index (Phi) is 5.23. The average molecular weight is 351 g/mol. The quantitative estimate of drug-likeness (QED) is 0.644. The van der Waals surface area contributed by atoms with Crippen molar-refractivity contribution in [2.45, 2.75) is 6.61 Å². The zero-order valence-corrected chi connectivity index (χ0v) is 13.8. The van der Waals surface area contributed by atoms with Crippen LogP contribution in [0.3, 0.4) is 0 Å². The molecular weight excluding hydrogens is 334 g/mol. The minimum Gasteiger partial charge on any atom is -0.481 e. The number of aromatic nitrogens is 3. The number of hydrogen-bond acceptors (Lipinski definition) is 8. The van der Waals surface area contributed by atoms with Crippen LogP contribution in [0.4, 0.5) is 11.9 Å². The lowest BCUT2D eigenvalue weighted by Crippen LogP contribution is -2.16. The van der Waals surface area contributed by atoms with Crippen molar-refractivity contribution < 1.29 is 14.3 Å². The van der Waals surface area contributed by atoms with Crippen molar-refractivity contribution in [2.75, 3.05) is 18.1 Å². The first kappa shape index (κ1) is 17.2. The molecule has 0 spiro atoms. The van der Waals surface area contributed by atoms with Gasteiger partial charge in [-0.1, -0.05) is 48.5 Å². The van der Waals surface area contributed by atoms with Gasteiger partial charge in [-0.15, -0.1) is 0 Å². The van der Waals surface area contributed by atoms with Crippen LogP contribution in [0, 0.1) is 0 Å². The number of nitrogens with zero attached hydrogens (tertiary/aromatic N) is 3. The Labute approximate surface area is 149 Å². The monoisotopic (exact) mass is 351 g/mol. The first-order chi connectivity index (χ1) is 12.6. The van der Waals surface area contributed by atoms with E-state index in [0.29, 0.717) is 5.75 Å². The van der Waals surface area contributed by atoms with Crippen molar-refractivity contribution >= 4 is 17.9 Å². The second kappa shape index (κ2) is 7.93. The number of hydrogen-bond donors (Lipinski definition) is 2. The summed E-state index contributed by atoms with van der Waals surface area (Å²) >= 11 is 0. The number of anilines is 2. The third-order valence-corrected chi connectivity index (χ3v) is 3.40. The molecule has 0 unspecified atom stereocenters. The van der Waals surface area contributed by atoms with Crippen molar-refractivity contribution in [1.82, 2.24) is 15.0 Å². The highest BCUT2D eigenvalue weighted by Gasteiger charge is 2.10. The van der Waals surface area contributed by atoms with Gasteiger partial charge < -0.3 is 20.9 Å². The van der Waals surface area contributed by atoms with E-state index in [2.05, 4.69) is 15.0 Å². The van der Waals surface area contributed by atoms with Gasteiger partial charge in [-0.25, -0.2) is 4.79 Å². The highest BCUT2D eigenvalue weighted by molar-refractivity contribution is 5.73. The molecule has 8 nitrogen and oxygen atoms in total. The number of esters is 1. The maximum absolute atomic E-state index is 11.9. The fourth-order valence-corrected chi connectivity index (χ4v) is 2.29. The largest absolute Gasteiger partial charge is 0.481 e. The molecule has 3 rings (SSSR count). The predicted molar refractivity (Wildman–Crippen MR) is 95.8 cm³/mol. The molecule has 2 aromatic carbocycles. The Balaban J connectivity index is 1.60. The molecule has 0 aliphatic heterocycles. The highest BCUT2D eigenvalue weighted by atomic mass is 16.6. The normalized spacial score (nSPS) is 10.3. The van der Waals surface area contributed by atoms with Gasteiger partial charge in [0, 0.05) is 5.56 Å². The Morgan fingerprint density at radius 1 is 0.885 bits per heavy atom. The average Bonchev–Trinajstić information content (AvgIpc) is 2.65. The van der Waals surface area contributed by atoms with Crippen LogP contribution in [0.5, 0.6) is 5.75 Å². The summed E-state index contributed by atoms with van der Waals surface area (Å²) < 4.78 is 10.7. The molecule has 0 bridgehead atoms. The molecule has 0 atom stereocenters. The molecule has 26 heavy (non-hydrogen) atoms. The number of nitrogen functional groups attached to an aromatic ring is 2. The SMILES string of the molecule is Nc1nc(N)nc(COC(=O)COc2ccccc2-c2ccccc2)n1. The van der Waals surface area contributed by atoms with Crippen LogP contribution >= 0.6 is 0 Å². The first-order valence-electron chi connectivity index (χ1n) is 7.80. The van der Waals surface area contributed by atoms with Crippen LogP contribution in [0.1, 0.15) is 5.82 Å². The van der Waals surface area contributed by atoms with Gasteiger partial charge in [-0.05, 0) is 11.6 Å². The van der Waals surface area contributed by atoms with Gasteiger partial charge in [0.05, 0.1) is 0 Å². The summed E-state index contributed by atoms with van der Waals surface area (Å²) in [7, 11) is 0. The summed E-state index contributed by atoms with van der Waals surface area (Å²) in [6.45, 7) is -0.417. The maximum Gasteiger partial charge on any atom is 0.344 e. The van der Waals surface area contributed by atoms with Gasteiger partial charge in [0.25, 0.3) is 0 Å². The third-order valence-electron chi connectivity index (χ3n) is 3.40. The maximum atomic E-state index is 11.9. The Bertz CT molecular complexity index is 882. The molecule has 3 aromatic rings. The van der Waals surface area contributed by atoms with Crippen molar-refractivity contribution in [1.29, 1.82) is 0 Å². The van der Waals surface area contributed by atoms with Crippen LogP contribution in [-0.4, -0.2) is 27.5 Å². The van der Waals surface area contributed by atoms with Crippen molar-refractivity contribution in [2.24, 2.45) is 0 Å². The summed E-state index contributed by atoms with van der Waals surface area (Å²) in [6, 6.07) is 17.2. The molecule has 0 amide bonds. The zero-order chi connectivity index (χ0) is 18.4. The fraction of sp³-hybridized carbons (Fsp3) is 0.111.